The van der Waals surface area contributed by atoms with Gasteiger partial charge in [0.1, 0.15) is 11.0 Å². The molecule has 2 bridgehead atoms. The van der Waals surface area contributed by atoms with Crippen LogP contribution in [0.4, 0.5) is 19.0 Å². The number of hydrogen-bond donors (Lipinski definition) is 1. The predicted octanol–water partition coefficient (Wildman–Crippen LogP) is 5.20. The molecular formula is C19H16ClF3N4O. The lowest BCUT2D eigenvalue weighted by molar-refractivity contribution is -0.138. The van der Waals surface area contributed by atoms with Gasteiger partial charge in [-0.25, -0.2) is 4.98 Å². The molecule has 1 aliphatic rings. The maximum atomic E-state index is 13.5. The second-order valence-electron chi connectivity index (χ2n) is 6.57. The van der Waals surface area contributed by atoms with Crippen LogP contribution in [0.2, 0.25) is 5.15 Å². The molecule has 1 aromatic carbocycles. The van der Waals surface area contributed by atoms with Crippen LogP contribution in [0.1, 0.15) is 36.1 Å². The first-order valence-electron chi connectivity index (χ1n) is 8.74. The van der Waals surface area contributed by atoms with Crippen molar-refractivity contribution in [2.75, 3.05) is 11.9 Å². The third-order valence-electron chi connectivity index (χ3n) is 4.67. The molecule has 1 unspecified atom stereocenters. The van der Waals surface area contributed by atoms with Gasteiger partial charge in [0.05, 0.1) is 29.9 Å². The van der Waals surface area contributed by atoms with Crippen LogP contribution in [0.15, 0.2) is 30.5 Å². The van der Waals surface area contributed by atoms with E-state index in [9.17, 15) is 13.2 Å². The fourth-order valence-corrected chi connectivity index (χ4v) is 3.57. The number of benzene rings is 1. The number of fused-ring (bicyclic) bond motifs is 5. The minimum absolute atomic E-state index is 0.147. The number of nitrogens with zero attached hydrogens (tertiary/aromatic N) is 3. The molecular weight excluding hydrogens is 393 g/mol. The van der Waals surface area contributed by atoms with Crippen molar-refractivity contribution in [1.82, 2.24) is 15.0 Å². The Labute approximate surface area is 163 Å². The van der Waals surface area contributed by atoms with Crippen LogP contribution < -0.4 is 10.1 Å². The Balaban J connectivity index is 1.86. The summed E-state index contributed by atoms with van der Waals surface area (Å²) >= 11 is 6.00. The molecule has 0 spiro atoms. The van der Waals surface area contributed by atoms with Crippen molar-refractivity contribution in [3.8, 4) is 6.01 Å². The Morgan fingerprint density at radius 3 is 2.86 bits per heavy atom. The standard InChI is InChI=1S/C19H16ClF3N4O/c1-10-11-4-2-6-14(19(21,22)23)12(11)5-3-7-28-18-26-15-9-24-16(20)8-13(15)17(25-10)27-18/h2,4,6,8-10H,3,5,7H2,1H3,(H,25,26,27). The average molecular weight is 409 g/mol. The predicted molar refractivity (Wildman–Crippen MR) is 99.6 cm³/mol. The van der Waals surface area contributed by atoms with Crippen LogP contribution in [0.5, 0.6) is 6.01 Å². The minimum atomic E-state index is -4.42. The first-order chi connectivity index (χ1) is 13.3. The van der Waals surface area contributed by atoms with Crippen LogP contribution in [0.3, 0.4) is 0 Å². The normalized spacial score (nSPS) is 17.2. The second kappa shape index (κ2) is 7.09. The number of anilines is 1. The smallest absolute Gasteiger partial charge is 0.416 e. The number of hydrogen-bond acceptors (Lipinski definition) is 5. The maximum Gasteiger partial charge on any atom is 0.416 e. The molecule has 1 atom stereocenters. The summed E-state index contributed by atoms with van der Waals surface area (Å²) in [6.07, 6.45) is -2.27. The molecule has 28 heavy (non-hydrogen) atoms. The Hall–Kier alpha value is -2.61. The minimum Gasteiger partial charge on any atom is -0.463 e. The second-order valence-corrected chi connectivity index (χ2v) is 6.96. The van der Waals surface area contributed by atoms with Crippen molar-refractivity contribution in [3.05, 3.63) is 52.3 Å². The zero-order valence-electron chi connectivity index (χ0n) is 14.8. The average Bonchev–Trinajstić information content (AvgIpc) is 2.66. The third-order valence-corrected chi connectivity index (χ3v) is 4.87. The van der Waals surface area contributed by atoms with Gasteiger partial charge in [-0.3, -0.25) is 0 Å². The molecule has 1 N–H and O–H groups in total. The largest absolute Gasteiger partial charge is 0.463 e. The van der Waals surface area contributed by atoms with Crippen molar-refractivity contribution in [2.45, 2.75) is 32.0 Å². The van der Waals surface area contributed by atoms with Gasteiger partial charge >= 0.3 is 12.2 Å². The van der Waals surface area contributed by atoms with E-state index < -0.39 is 17.8 Å². The molecule has 2 aromatic heterocycles. The summed E-state index contributed by atoms with van der Waals surface area (Å²) in [6.45, 7) is 2.00. The number of pyridine rings is 1. The Morgan fingerprint density at radius 2 is 2.07 bits per heavy atom. The van der Waals surface area contributed by atoms with Gasteiger partial charge in [0, 0.05) is 5.39 Å². The molecule has 0 aliphatic carbocycles. The highest BCUT2D eigenvalue weighted by Crippen LogP contribution is 2.37. The van der Waals surface area contributed by atoms with Gasteiger partial charge in [0.15, 0.2) is 0 Å². The maximum absolute atomic E-state index is 13.5. The van der Waals surface area contributed by atoms with Crippen LogP contribution in [-0.4, -0.2) is 21.6 Å². The number of nitrogens with one attached hydrogen (secondary N) is 1. The van der Waals surface area contributed by atoms with Crippen molar-refractivity contribution in [1.29, 1.82) is 0 Å². The topological polar surface area (TPSA) is 59.9 Å². The van der Waals surface area contributed by atoms with E-state index >= 15 is 0 Å². The Kier molecular flexibility index (Phi) is 4.74. The summed E-state index contributed by atoms with van der Waals surface area (Å²) < 4.78 is 46.2. The van der Waals surface area contributed by atoms with E-state index in [2.05, 4.69) is 20.3 Å². The summed E-state index contributed by atoms with van der Waals surface area (Å²) in [5.41, 5.74) is 0.760. The molecule has 3 aromatic rings. The lowest BCUT2D eigenvalue weighted by Gasteiger charge is -2.22. The van der Waals surface area contributed by atoms with E-state index in [1.165, 1.54) is 12.3 Å². The molecule has 9 heteroatoms. The fraction of sp³-hybridized carbons (Fsp3) is 0.316. The van der Waals surface area contributed by atoms with Crippen LogP contribution in [0.25, 0.3) is 10.9 Å². The zero-order valence-corrected chi connectivity index (χ0v) is 15.6. The van der Waals surface area contributed by atoms with Crippen LogP contribution in [0, 0.1) is 0 Å². The van der Waals surface area contributed by atoms with Gasteiger partial charge in [0.25, 0.3) is 0 Å². The Morgan fingerprint density at radius 1 is 1.25 bits per heavy atom. The number of halogens is 4. The monoisotopic (exact) mass is 408 g/mol. The molecule has 0 radical (unpaired) electrons. The molecule has 0 saturated carbocycles. The van der Waals surface area contributed by atoms with Crippen LogP contribution in [-0.2, 0) is 12.6 Å². The van der Waals surface area contributed by atoms with Crippen molar-refractivity contribution < 1.29 is 17.9 Å². The highest BCUT2D eigenvalue weighted by Gasteiger charge is 2.34. The van der Waals surface area contributed by atoms with E-state index in [1.54, 1.807) is 19.1 Å². The molecule has 146 valence electrons. The molecule has 0 saturated heterocycles. The molecule has 0 amide bonds. The van der Waals surface area contributed by atoms with E-state index in [4.69, 9.17) is 16.3 Å². The summed E-state index contributed by atoms with van der Waals surface area (Å²) in [4.78, 5) is 12.7. The summed E-state index contributed by atoms with van der Waals surface area (Å²) in [5, 5.41) is 4.09. The third kappa shape index (κ3) is 3.56. The van der Waals surface area contributed by atoms with Gasteiger partial charge in [-0.2, -0.15) is 23.1 Å². The molecule has 4 rings (SSSR count). The van der Waals surface area contributed by atoms with Crippen LogP contribution >= 0.6 is 11.6 Å². The van der Waals surface area contributed by atoms with Gasteiger partial charge in [-0.1, -0.05) is 23.7 Å². The van der Waals surface area contributed by atoms with E-state index in [1.807, 2.05) is 0 Å². The van der Waals surface area contributed by atoms with Crippen molar-refractivity contribution in [3.63, 3.8) is 0 Å². The first-order valence-corrected chi connectivity index (χ1v) is 9.12. The first kappa shape index (κ1) is 18.7. The molecule has 3 heterocycles. The number of rotatable bonds is 0. The lowest BCUT2D eigenvalue weighted by atomic mass is 9.92. The highest BCUT2D eigenvalue weighted by molar-refractivity contribution is 6.30. The lowest BCUT2D eigenvalue weighted by Crippen LogP contribution is -2.16. The van der Waals surface area contributed by atoms with E-state index in [-0.39, 0.29) is 29.8 Å². The molecule has 1 aliphatic heterocycles. The fourth-order valence-electron chi connectivity index (χ4n) is 3.41. The molecule has 5 nitrogen and oxygen atoms in total. The summed E-state index contributed by atoms with van der Waals surface area (Å²) in [7, 11) is 0. The number of aromatic nitrogens is 3. The zero-order chi connectivity index (χ0) is 19.9. The van der Waals surface area contributed by atoms with Gasteiger partial charge in [-0.05, 0) is 43.0 Å². The number of alkyl halides is 3. The van der Waals surface area contributed by atoms with E-state index in [0.29, 0.717) is 28.7 Å². The Bertz CT molecular complexity index is 1040. The van der Waals surface area contributed by atoms with E-state index in [0.717, 1.165) is 6.07 Å². The van der Waals surface area contributed by atoms with Gasteiger partial charge in [0.2, 0.25) is 0 Å². The summed E-state index contributed by atoms with van der Waals surface area (Å²) in [5.74, 6) is 0.432. The van der Waals surface area contributed by atoms with Gasteiger partial charge in [-0.15, -0.1) is 0 Å². The molecule has 0 fully saturated rings. The number of ether oxygens (including phenoxy) is 1. The van der Waals surface area contributed by atoms with Gasteiger partial charge < -0.3 is 10.1 Å². The van der Waals surface area contributed by atoms with Crippen molar-refractivity contribution >= 4 is 28.3 Å². The van der Waals surface area contributed by atoms with Crippen molar-refractivity contribution in [2.24, 2.45) is 0 Å². The quantitative estimate of drug-likeness (QED) is 0.518. The highest BCUT2D eigenvalue weighted by atomic mass is 35.5. The summed E-state index contributed by atoms with van der Waals surface area (Å²) in [6, 6.07) is 5.59. The SMILES string of the molecule is CC1Nc2nc(nc3cnc(Cl)cc23)OCCCc2c1cccc2C(F)(F)F.